The summed E-state index contributed by atoms with van der Waals surface area (Å²) in [6.07, 6.45) is 1.31. The first-order chi connectivity index (χ1) is 12.8. The summed E-state index contributed by atoms with van der Waals surface area (Å²) in [5.41, 5.74) is 0.437. The van der Waals surface area contributed by atoms with E-state index in [0.717, 1.165) is 5.56 Å². The van der Waals surface area contributed by atoms with Gasteiger partial charge in [0, 0.05) is 22.7 Å². The average molecular weight is 407 g/mol. The maximum absolute atomic E-state index is 13.5. The number of fused-ring (bicyclic) bond motifs is 2. The van der Waals surface area contributed by atoms with E-state index in [0.29, 0.717) is 23.6 Å². The summed E-state index contributed by atoms with van der Waals surface area (Å²) in [4.78, 5) is 25.7. The molecular formula is C22H31ClN2O3. The van der Waals surface area contributed by atoms with Gasteiger partial charge in [0.1, 0.15) is 6.04 Å². The molecule has 3 N–H and O–H groups in total. The first kappa shape index (κ1) is 21.1. The Morgan fingerprint density at radius 1 is 1.14 bits per heavy atom. The Balaban J connectivity index is 2.24. The maximum Gasteiger partial charge on any atom is 0.321 e. The van der Waals surface area contributed by atoms with Crippen LogP contribution in [-0.2, 0) is 15.0 Å². The van der Waals surface area contributed by atoms with Crippen molar-refractivity contribution in [3.8, 4) is 0 Å². The molecule has 0 radical (unpaired) electrons. The summed E-state index contributed by atoms with van der Waals surface area (Å²) in [6, 6.07) is 4.40. The molecule has 2 aliphatic rings. The Morgan fingerprint density at radius 2 is 1.75 bits per heavy atom. The van der Waals surface area contributed by atoms with Crippen LogP contribution in [0, 0.1) is 16.7 Å². The molecule has 1 amide bonds. The van der Waals surface area contributed by atoms with Gasteiger partial charge in [0.15, 0.2) is 0 Å². The van der Waals surface area contributed by atoms with Gasteiger partial charge in [-0.25, -0.2) is 0 Å². The van der Waals surface area contributed by atoms with Crippen molar-refractivity contribution < 1.29 is 14.7 Å². The molecule has 4 unspecified atom stereocenters. The molecule has 154 valence electrons. The van der Waals surface area contributed by atoms with Crippen molar-refractivity contribution >= 4 is 29.2 Å². The summed E-state index contributed by atoms with van der Waals surface area (Å²) in [5.74, 6) is -1.38. The third-order valence-electron chi connectivity index (χ3n) is 5.88. The highest BCUT2D eigenvalue weighted by Crippen LogP contribution is 2.55. The van der Waals surface area contributed by atoms with Crippen molar-refractivity contribution in [2.45, 2.75) is 71.9 Å². The number of halogens is 1. The highest BCUT2D eigenvalue weighted by atomic mass is 35.5. The number of nitrogens with one attached hydrogen (secondary N) is 2. The number of carbonyl (C=O) groups is 2. The van der Waals surface area contributed by atoms with Crippen molar-refractivity contribution in [2.24, 2.45) is 16.7 Å². The standard InChI is InChI=1S/C22H31ClN2O3/c1-20(2,3)10-14-17(18(26)27)25-16(11-21(4,5)6)22(14)13-8-7-12(23)9-15(13)24-19(22)28/h7-9,14,16-17,25H,10-11H2,1-6H3,(H,24,28)(H,26,27). The number of rotatable bonds is 3. The molecule has 4 atom stereocenters. The van der Waals surface area contributed by atoms with Crippen LogP contribution in [0.25, 0.3) is 0 Å². The van der Waals surface area contributed by atoms with E-state index in [2.05, 4.69) is 52.2 Å². The zero-order chi connectivity index (χ0) is 21.1. The summed E-state index contributed by atoms with van der Waals surface area (Å²) in [6.45, 7) is 12.6. The largest absolute Gasteiger partial charge is 0.480 e. The van der Waals surface area contributed by atoms with Gasteiger partial charge >= 0.3 is 5.97 Å². The van der Waals surface area contributed by atoms with Gasteiger partial charge in [-0.2, -0.15) is 0 Å². The van der Waals surface area contributed by atoms with Crippen LogP contribution in [0.5, 0.6) is 0 Å². The fourth-order valence-electron chi connectivity index (χ4n) is 5.04. The number of carboxylic acids is 1. The fraction of sp³-hybridized carbons (Fsp3) is 0.636. The first-order valence-corrected chi connectivity index (χ1v) is 10.2. The highest BCUT2D eigenvalue weighted by Gasteiger charge is 2.65. The first-order valence-electron chi connectivity index (χ1n) is 9.86. The van der Waals surface area contributed by atoms with E-state index in [9.17, 15) is 14.7 Å². The number of amides is 1. The zero-order valence-corrected chi connectivity index (χ0v) is 18.3. The number of carboxylic acid groups (broad SMARTS) is 1. The van der Waals surface area contributed by atoms with E-state index in [1.165, 1.54) is 0 Å². The number of anilines is 1. The van der Waals surface area contributed by atoms with E-state index >= 15 is 0 Å². The monoisotopic (exact) mass is 406 g/mol. The van der Waals surface area contributed by atoms with Crippen LogP contribution in [0.15, 0.2) is 18.2 Å². The second-order valence-electron chi connectivity index (χ2n) is 10.7. The Bertz CT molecular complexity index is 809. The number of carbonyl (C=O) groups excluding carboxylic acids is 1. The fourth-order valence-corrected chi connectivity index (χ4v) is 5.21. The molecule has 6 heteroatoms. The third kappa shape index (κ3) is 3.55. The van der Waals surface area contributed by atoms with Crippen molar-refractivity contribution in [1.82, 2.24) is 5.32 Å². The summed E-state index contributed by atoms with van der Waals surface area (Å²) in [7, 11) is 0. The minimum atomic E-state index is -0.927. The Hall–Kier alpha value is -1.59. The molecule has 0 aliphatic carbocycles. The van der Waals surface area contributed by atoms with Crippen LogP contribution in [0.1, 0.15) is 59.9 Å². The van der Waals surface area contributed by atoms with Gasteiger partial charge in [-0.3, -0.25) is 14.9 Å². The molecule has 2 aliphatic heterocycles. The number of hydrogen-bond acceptors (Lipinski definition) is 3. The Kier molecular flexibility index (Phi) is 5.08. The second-order valence-corrected chi connectivity index (χ2v) is 11.1. The van der Waals surface area contributed by atoms with E-state index in [1.807, 2.05) is 6.07 Å². The molecule has 2 heterocycles. The molecule has 5 nitrogen and oxygen atoms in total. The molecule has 0 aromatic heterocycles. The van der Waals surface area contributed by atoms with Crippen LogP contribution in [-0.4, -0.2) is 29.1 Å². The molecule has 3 rings (SSSR count). The quantitative estimate of drug-likeness (QED) is 0.693. The summed E-state index contributed by atoms with van der Waals surface area (Å²) < 4.78 is 0. The van der Waals surface area contributed by atoms with Crippen molar-refractivity contribution in [2.75, 3.05) is 5.32 Å². The predicted octanol–water partition coefficient (Wildman–Crippen LogP) is 4.44. The molecule has 0 saturated carbocycles. The van der Waals surface area contributed by atoms with Gasteiger partial charge in [-0.15, -0.1) is 0 Å². The molecule has 1 aromatic carbocycles. The van der Waals surface area contributed by atoms with E-state index in [1.54, 1.807) is 12.1 Å². The van der Waals surface area contributed by atoms with Crippen molar-refractivity contribution in [1.29, 1.82) is 0 Å². The van der Waals surface area contributed by atoms with Gasteiger partial charge in [-0.1, -0.05) is 59.2 Å². The van der Waals surface area contributed by atoms with E-state index < -0.39 is 17.4 Å². The Morgan fingerprint density at radius 3 is 2.29 bits per heavy atom. The second kappa shape index (κ2) is 6.74. The zero-order valence-electron chi connectivity index (χ0n) is 17.5. The summed E-state index contributed by atoms with van der Waals surface area (Å²) >= 11 is 6.17. The average Bonchev–Trinajstić information content (AvgIpc) is 2.94. The number of aliphatic carboxylic acids is 1. The smallest absolute Gasteiger partial charge is 0.321 e. The maximum atomic E-state index is 13.5. The molecular weight excluding hydrogens is 376 g/mol. The van der Waals surface area contributed by atoms with Gasteiger partial charge in [0.25, 0.3) is 0 Å². The van der Waals surface area contributed by atoms with Crippen molar-refractivity contribution in [3.63, 3.8) is 0 Å². The minimum Gasteiger partial charge on any atom is -0.480 e. The number of hydrogen-bond donors (Lipinski definition) is 3. The van der Waals surface area contributed by atoms with Gasteiger partial charge in [0.2, 0.25) is 5.91 Å². The SMILES string of the molecule is CC(C)(C)CC1NC(C(=O)O)C(CC(C)(C)C)C12C(=O)Nc1cc(Cl)ccc12. The lowest BCUT2D eigenvalue weighted by molar-refractivity contribution is -0.140. The van der Waals surface area contributed by atoms with Crippen LogP contribution < -0.4 is 10.6 Å². The summed E-state index contributed by atoms with van der Waals surface area (Å²) in [5, 5.41) is 16.9. The molecule has 28 heavy (non-hydrogen) atoms. The molecule has 1 spiro atoms. The molecule has 1 aromatic rings. The lowest BCUT2D eigenvalue weighted by atomic mass is 9.61. The number of benzene rings is 1. The topological polar surface area (TPSA) is 78.4 Å². The van der Waals surface area contributed by atoms with Crippen LogP contribution in [0.2, 0.25) is 5.02 Å². The predicted molar refractivity (Wildman–Crippen MR) is 112 cm³/mol. The lowest BCUT2D eigenvalue weighted by Gasteiger charge is -2.39. The van der Waals surface area contributed by atoms with E-state index in [4.69, 9.17) is 11.6 Å². The molecule has 1 saturated heterocycles. The highest BCUT2D eigenvalue weighted by molar-refractivity contribution is 6.31. The third-order valence-corrected chi connectivity index (χ3v) is 6.12. The molecule has 1 fully saturated rings. The van der Waals surface area contributed by atoms with Gasteiger partial charge < -0.3 is 10.4 Å². The van der Waals surface area contributed by atoms with Gasteiger partial charge in [-0.05, 0) is 41.4 Å². The van der Waals surface area contributed by atoms with Crippen LogP contribution in [0.4, 0.5) is 5.69 Å². The van der Waals surface area contributed by atoms with Crippen molar-refractivity contribution in [3.05, 3.63) is 28.8 Å². The normalized spacial score (nSPS) is 29.8. The van der Waals surface area contributed by atoms with Crippen LogP contribution in [0.3, 0.4) is 0 Å². The Labute approximate surface area is 172 Å². The van der Waals surface area contributed by atoms with Crippen LogP contribution >= 0.6 is 11.6 Å². The minimum absolute atomic E-state index is 0.0696. The lowest BCUT2D eigenvalue weighted by Crippen LogP contribution is -2.51. The van der Waals surface area contributed by atoms with Gasteiger partial charge in [0.05, 0.1) is 5.41 Å². The van der Waals surface area contributed by atoms with E-state index in [-0.39, 0.29) is 28.7 Å². The molecule has 0 bridgehead atoms.